The lowest BCUT2D eigenvalue weighted by Gasteiger charge is -2.10. The van der Waals surface area contributed by atoms with Gasteiger partial charge in [-0.25, -0.2) is 9.78 Å². The third-order valence-electron chi connectivity index (χ3n) is 2.33. The quantitative estimate of drug-likeness (QED) is 0.865. The Morgan fingerprint density at radius 3 is 2.95 bits per heavy atom. The molecule has 7 nitrogen and oxygen atoms in total. The van der Waals surface area contributed by atoms with Crippen molar-refractivity contribution in [2.45, 2.75) is 13.2 Å². The van der Waals surface area contributed by atoms with Gasteiger partial charge >= 0.3 is 6.09 Å². The molecule has 1 amide bonds. The van der Waals surface area contributed by atoms with E-state index in [1.807, 2.05) is 0 Å². The molecule has 0 aromatic carbocycles. The van der Waals surface area contributed by atoms with Crippen molar-refractivity contribution in [2.75, 3.05) is 0 Å². The highest BCUT2D eigenvalue weighted by Gasteiger charge is 2.06. The Morgan fingerprint density at radius 1 is 1.35 bits per heavy atom. The molecule has 0 aliphatic rings. The van der Waals surface area contributed by atoms with Crippen LogP contribution in [0.2, 0.25) is 0 Å². The molecule has 0 aliphatic carbocycles. The van der Waals surface area contributed by atoms with E-state index in [4.69, 9.17) is 9.84 Å². The van der Waals surface area contributed by atoms with E-state index in [0.717, 1.165) is 0 Å². The van der Waals surface area contributed by atoms with Gasteiger partial charge in [-0.2, -0.15) is 0 Å². The fourth-order valence-corrected chi connectivity index (χ4v) is 1.80. The summed E-state index contributed by atoms with van der Waals surface area (Å²) in [4.78, 5) is 22.6. The van der Waals surface area contributed by atoms with E-state index in [9.17, 15) is 4.79 Å². The van der Waals surface area contributed by atoms with Crippen molar-refractivity contribution in [2.24, 2.45) is 0 Å². The van der Waals surface area contributed by atoms with E-state index in [1.165, 1.54) is 6.20 Å². The van der Waals surface area contributed by atoms with Crippen LogP contribution < -0.4 is 10.1 Å². The van der Waals surface area contributed by atoms with Gasteiger partial charge in [0.05, 0.1) is 24.3 Å². The number of nitrogens with zero attached hydrogens (tertiary/aromatic N) is 3. The van der Waals surface area contributed by atoms with Crippen LogP contribution in [-0.2, 0) is 13.2 Å². The summed E-state index contributed by atoms with van der Waals surface area (Å²) >= 11 is 3.23. The van der Waals surface area contributed by atoms with Gasteiger partial charge in [-0.15, -0.1) is 0 Å². The molecule has 2 N–H and O–H groups in total. The van der Waals surface area contributed by atoms with Crippen LogP contribution in [0.1, 0.15) is 11.3 Å². The Labute approximate surface area is 123 Å². The van der Waals surface area contributed by atoms with Crippen LogP contribution in [0.5, 0.6) is 5.75 Å². The van der Waals surface area contributed by atoms with Crippen molar-refractivity contribution in [1.29, 1.82) is 0 Å². The van der Waals surface area contributed by atoms with Gasteiger partial charge in [0.15, 0.2) is 0 Å². The minimum atomic E-state index is -1.09. The summed E-state index contributed by atoms with van der Waals surface area (Å²) in [6.07, 6.45) is 5.19. The highest BCUT2D eigenvalue weighted by Crippen LogP contribution is 2.17. The number of hydrogen-bond donors (Lipinski definition) is 2. The van der Waals surface area contributed by atoms with Crippen molar-refractivity contribution >= 4 is 22.0 Å². The highest BCUT2D eigenvalue weighted by molar-refractivity contribution is 9.10. The monoisotopic (exact) mass is 338 g/mol. The van der Waals surface area contributed by atoms with Gasteiger partial charge in [0, 0.05) is 18.3 Å². The number of pyridine rings is 1. The molecule has 2 heterocycles. The molecule has 20 heavy (non-hydrogen) atoms. The smallest absolute Gasteiger partial charge is 0.404 e. The maximum absolute atomic E-state index is 10.5. The summed E-state index contributed by atoms with van der Waals surface area (Å²) in [5.74, 6) is 0.503. The second-order valence-electron chi connectivity index (χ2n) is 3.76. The first-order valence-corrected chi connectivity index (χ1v) is 6.43. The molecule has 0 atom stereocenters. The first kappa shape index (κ1) is 14.2. The van der Waals surface area contributed by atoms with Gasteiger partial charge in [0.2, 0.25) is 0 Å². The number of aromatic nitrogens is 3. The van der Waals surface area contributed by atoms with Crippen molar-refractivity contribution in [3.8, 4) is 5.75 Å². The van der Waals surface area contributed by atoms with Gasteiger partial charge in [0.1, 0.15) is 17.0 Å². The molecule has 2 rings (SSSR count). The zero-order valence-corrected chi connectivity index (χ0v) is 11.9. The van der Waals surface area contributed by atoms with E-state index in [2.05, 4.69) is 36.2 Å². The average molecular weight is 339 g/mol. The van der Waals surface area contributed by atoms with Crippen molar-refractivity contribution in [3.05, 3.63) is 46.7 Å². The molecule has 0 aliphatic heterocycles. The van der Waals surface area contributed by atoms with Crippen LogP contribution >= 0.6 is 15.9 Å². The molecule has 8 heteroatoms. The molecular formula is C12H11BrN4O3. The Kier molecular flexibility index (Phi) is 4.83. The Balaban J connectivity index is 2.03. The molecule has 0 radical (unpaired) electrons. The van der Waals surface area contributed by atoms with Gasteiger partial charge in [-0.3, -0.25) is 9.97 Å². The number of amides is 1. The molecule has 104 valence electrons. The van der Waals surface area contributed by atoms with Gasteiger partial charge in [0.25, 0.3) is 0 Å². The molecule has 2 aromatic heterocycles. The van der Waals surface area contributed by atoms with Crippen LogP contribution in [-0.4, -0.2) is 26.2 Å². The molecule has 0 fully saturated rings. The number of carbonyl (C=O) groups is 1. The first-order chi connectivity index (χ1) is 9.65. The van der Waals surface area contributed by atoms with Crippen LogP contribution in [0.3, 0.4) is 0 Å². The fraction of sp³-hybridized carbons (Fsp3) is 0.167. The predicted octanol–water partition coefficient (Wildman–Crippen LogP) is 1.98. The maximum atomic E-state index is 10.5. The van der Waals surface area contributed by atoms with E-state index >= 15 is 0 Å². The Morgan fingerprint density at radius 2 is 2.20 bits per heavy atom. The summed E-state index contributed by atoms with van der Waals surface area (Å²) in [6, 6.07) is 1.69. The largest absolute Gasteiger partial charge is 0.485 e. The topological polar surface area (TPSA) is 97.2 Å². The second-order valence-corrected chi connectivity index (χ2v) is 4.58. The summed E-state index contributed by atoms with van der Waals surface area (Å²) in [5.41, 5.74) is 1.35. The summed E-state index contributed by atoms with van der Waals surface area (Å²) in [5, 5.41) is 10.9. The van der Waals surface area contributed by atoms with Crippen LogP contribution in [0.15, 0.2) is 35.5 Å². The average Bonchev–Trinajstić information content (AvgIpc) is 2.44. The standard InChI is InChI=1S/C12H11BrN4O3/c13-11-6-15-4-9(17-11)7-20-10-5-14-2-1-8(10)3-16-12(18)19/h1-2,4-6,16H,3,7H2,(H,18,19). The minimum Gasteiger partial charge on any atom is -0.485 e. The number of halogens is 1. The molecule has 0 unspecified atom stereocenters. The predicted molar refractivity (Wildman–Crippen MR) is 73.2 cm³/mol. The third kappa shape index (κ3) is 4.16. The summed E-state index contributed by atoms with van der Waals surface area (Å²) in [6.45, 7) is 0.371. The highest BCUT2D eigenvalue weighted by atomic mass is 79.9. The summed E-state index contributed by atoms with van der Waals surface area (Å²) in [7, 11) is 0. The van der Waals surface area contributed by atoms with Gasteiger partial charge < -0.3 is 15.2 Å². The lowest BCUT2D eigenvalue weighted by Crippen LogP contribution is -2.20. The number of rotatable bonds is 5. The minimum absolute atomic E-state index is 0.150. The molecule has 0 saturated carbocycles. The molecule has 0 saturated heterocycles. The number of nitrogens with one attached hydrogen (secondary N) is 1. The van der Waals surface area contributed by atoms with Gasteiger partial charge in [-0.1, -0.05) is 0 Å². The lowest BCUT2D eigenvalue weighted by molar-refractivity contribution is 0.193. The second kappa shape index (κ2) is 6.80. The van der Waals surface area contributed by atoms with Gasteiger partial charge in [-0.05, 0) is 22.0 Å². The van der Waals surface area contributed by atoms with Crippen molar-refractivity contribution < 1.29 is 14.6 Å². The van der Waals surface area contributed by atoms with Crippen LogP contribution in [0, 0.1) is 0 Å². The van der Waals surface area contributed by atoms with E-state index in [-0.39, 0.29) is 13.2 Å². The van der Waals surface area contributed by atoms with Crippen LogP contribution in [0.25, 0.3) is 0 Å². The SMILES string of the molecule is O=C(O)NCc1ccncc1OCc1cncc(Br)n1. The third-order valence-corrected chi connectivity index (χ3v) is 2.71. The zero-order valence-electron chi connectivity index (χ0n) is 10.3. The van der Waals surface area contributed by atoms with E-state index < -0.39 is 6.09 Å². The molecular weight excluding hydrogens is 328 g/mol. The Bertz CT molecular complexity index is 609. The zero-order chi connectivity index (χ0) is 14.4. The lowest BCUT2D eigenvalue weighted by atomic mass is 10.2. The first-order valence-electron chi connectivity index (χ1n) is 5.64. The number of hydrogen-bond acceptors (Lipinski definition) is 5. The normalized spacial score (nSPS) is 10.1. The van der Waals surface area contributed by atoms with Crippen LogP contribution in [0.4, 0.5) is 4.79 Å². The summed E-state index contributed by atoms with van der Waals surface area (Å²) < 4.78 is 6.21. The van der Waals surface area contributed by atoms with Crippen molar-refractivity contribution in [1.82, 2.24) is 20.3 Å². The molecule has 2 aromatic rings. The van der Waals surface area contributed by atoms with Crippen molar-refractivity contribution in [3.63, 3.8) is 0 Å². The van der Waals surface area contributed by atoms with E-state index in [1.54, 1.807) is 24.7 Å². The fourth-order valence-electron chi connectivity index (χ4n) is 1.46. The van der Waals surface area contributed by atoms with E-state index in [0.29, 0.717) is 21.6 Å². The molecule has 0 spiro atoms. The maximum Gasteiger partial charge on any atom is 0.404 e. The Hall–Kier alpha value is -2.22. The molecule has 0 bridgehead atoms. The number of ether oxygens (including phenoxy) is 1. The number of carboxylic acid groups (broad SMARTS) is 1.